The van der Waals surface area contributed by atoms with Crippen molar-refractivity contribution in [3.05, 3.63) is 78.4 Å². The molecule has 2 rings (SSSR count). The van der Waals surface area contributed by atoms with Crippen LogP contribution in [0, 0.1) is 0 Å². The molecule has 0 saturated carbocycles. The van der Waals surface area contributed by atoms with E-state index in [9.17, 15) is 0 Å². The van der Waals surface area contributed by atoms with Crippen molar-refractivity contribution in [2.75, 3.05) is 0 Å². The van der Waals surface area contributed by atoms with Gasteiger partial charge in [0.25, 0.3) is 0 Å². The summed E-state index contributed by atoms with van der Waals surface area (Å²) in [6, 6.07) is 20.0. The van der Waals surface area contributed by atoms with E-state index in [4.69, 9.17) is 0 Å². The molecule has 0 atom stereocenters. The molecule has 0 unspecified atom stereocenters. The smallest absolute Gasteiger partial charge is 0.126 e. The molecule has 0 aliphatic rings. The fraction of sp³-hybridized carbons (Fsp3) is 0.111. The van der Waals surface area contributed by atoms with Gasteiger partial charge < -0.3 is 0 Å². The van der Waals surface area contributed by atoms with Crippen LogP contribution in [-0.4, -0.2) is 11.5 Å². The zero-order chi connectivity index (χ0) is 14.4. The molecule has 0 amide bonds. The highest BCUT2D eigenvalue weighted by Gasteiger charge is 1.99. The van der Waals surface area contributed by atoms with E-state index in [2.05, 4.69) is 16.6 Å². The molecule has 0 bridgehead atoms. The van der Waals surface area contributed by atoms with Gasteiger partial charge >= 0.3 is 0 Å². The summed E-state index contributed by atoms with van der Waals surface area (Å²) in [6.45, 7) is 7.86. The summed E-state index contributed by atoms with van der Waals surface area (Å²) >= 11 is 0. The predicted octanol–water partition coefficient (Wildman–Crippen LogP) is 4.58. The van der Waals surface area contributed by atoms with E-state index in [1.54, 1.807) is 0 Å². The highest BCUT2D eigenvalue weighted by Crippen LogP contribution is 2.13. The van der Waals surface area contributed by atoms with Crippen molar-refractivity contribution in [2.45, 2.75) is 13.8 Å². The van der Waals surface area contributed by atoms with Gasteiger partial charge in [-0.3, -0.25) is 0 Å². The zero-order valence-electron chi connectivity index (χ0n) is 11.9. The molecular weight excluding hydrogens is 244 g/mol. The number of hydrogen-bond donors (Lipinski definition) is 0. The van der Waals surface area contributed by atoms with Gasteiger partial charge in [0.1, 0.15) is 5.84 Å². The van der Waals surface area contributed by atoms with E-state index >= 15 is 0 Å². The van der Waals surface area contributed by atoms with Gasteiger partial charge in [-0.15, -0.1) is 0 Å². The number of amidine groups is 1. The fourth-order valence-electron chi connectivity index (χ4n) is 1.90. The Morgan fingerprint density at radius 2 is 1.25 bits per heavy atom. The Hall–Kier alpha value is -2.48. The van der Waals surface area contributed by atoms with Crippen LogP contribution >= 0.6 is 0 Å². The molecule has 0 heterocycles. The third kappa shape index (κ3) is 3.75. The van der Waals surface area contributed by atoms with E-state index in [1.807, 2.05) is 74.5 Å². The number of nitrogens with zero attached hydrogens (tertiary/aromatic N) is 2. The Bertz CT molecular complexity index is 638. The second-order valence-electron chi connectivity index (χ2n) is 4.53. The van der Waals surface area contributed by atoms with Gasteiger partial charge in [0, 0.05) is 5.71 Å². The number of hydrogen-bond acceptors (Lipinski definition) is 1. The molecule has 0 fully saturated rings. The summed E-state index contributed by atoms with van der Waals surface area (Å²) in [5.41, 5.74) is 3.80. The molecule has 0 radical (unpaired) electrons. The molecule has 100 valence electrons. The van der Waals surface area contributed by atoms with Crippen molar-refractivity contribution in [1.29, 1.82) is 0 Å². The van der Waals surface area contributed by atoms with Crippen LogP contribution < -0.4 is 0 Å². The van der Waals surface area contributed by atoms with Crippen LogP contribution in [0.15, 0.2) is 77.2 Å². The molecule has 2 aromatic rings. The lowest BCUT2D eigenvalue weighted by Gasteiger charge is -2.02. The molecular formula is C18H18N2. The first-order valence-electron chi connectivity index (χ1n) is 6.57. The standard InChI is InChI=1S/C18H18N2/c1-14(17-10-6-4-7-11-17)19-16(3)20-15(2)18-12-8-5-9-13-18/h4-13H,1H2,2-3H3. The van der Waals surface area contributed by atoms with Crippen molar-refractivity contribution in [3.8, 4) is 0 Å². The minimum absolute atomic E-state index is 0.709. The summed E-state index contributed by atoms with van der Waals surface area (Å²) in [7, 11) is 0. The molecule has 0 saturated heterocycles. The quantitative estimate of drug-likeness (QED) is 0.571. The molecule has 0 N–H and O–H groups in total. The SMILES string of the molecule is C=C(N=C(C)N=C(C)c1ccccc1)c1ccccc1. The zero-order valence-corrected chi connectivity index (χ0v) is 11.9. The van der Waals surface area contributed by atoms with Crippen LogP contribution in [0.3, 0.4) is 0 Å². The molecule has 0 spiro atoms. The van der Waals surface area contributed by atoms with Crippen LogP contribution in [0.1, 0.15) is 25.0 Å². The lowest BCUT2D eigenvalue weighted by atomic mass is 10.1. The minimum Gasteiger partial charge on any atom is -0.238 e. The Labute approximate surface area is 120 Å². The van der Waals surface area contributed by atoms with Gasteiger partial charge in [0.15, 0.2) is 0 Å². The Kier molecular flexibility index (Phi) is 4.61. The normalized spacial score (nSPS) is 12.3. The summed E-state index contributed by atoms with van der Waals surface area (Å²) in [4.78, 5) is 8.97. The first kappa shape index (κ1) is 13.9. The van der Waals surface area contributed by atoms with Crippen LogP contribution in [0.4, 0.5) is 0 Å². The summed E-state index contributed by atoms with van der Waals surface area (Å²) < 4.78 is 0. The van der Waals surface area contributed by atoms with Crippen LogP contribution in [0.25, 0.3) is 5.70 Å². The molecule has 0 aliphatic carbocycles. The van der Waals surface area contributed by atoms with Gasteiger partial charge in [-0.05, 0) is 25.0 Å². The second-order valence-corrected chi connectivity index (χ2v) is 4.53. The third-order valence-corrected chi connectivity index (χ3v) is 2.92. The largest absolute Gasteiger partial charge is 0.238 e. The fourth-order valence-corrected chi connectivity index (χ4v) is 1.90. The van der Waals surface area contributed by atoms with Crippen LogP contribution in [0.2, 0.25) is 0 Å². The first-order valence-corrected chi connectivity index (χ1v) is 6.57. The van der Waals surface area contributed by atoms with Gasteiger partial charge in [0.2, 0.25) is 0 Å². The van der Waals surface area contributed by atoms with Gasteiger partial charge in [-0.1, -0.05) is 67.2 Å². The maximum Gasteiger partial charge on any atom is 0.126 e. The predicted molar refractivity (Wildman–Crippen MR) is 87.2 cm³/mol. The monoisotopic (exact) mass is 262 g/mol. The average Bonchev–Trinajstić information content (AvgIpc) is 2.49. The summed E-state index contributed by atoms with van der Waals surface area (Å²) in [5, 5.41) is 0. The van der Waals surface area contributed by atoms with Crippen molar-refractivity contribution >= 4 is 17.2 Å². The lowest BCUT2D eigenvalue weighted by Crippen LogP contribution is -1.98. The van der Waals surface area contributed by atoms with E-state index in [0.717, 1.165) is 22.5 Å². The number of rotatable bonds is 3. The van der Waals surface area contributed by atoms with Gasteiger partial charge in [-0.2, -0.15) is 0 Å². The Balaban J connectivity index is 2.17. The van der Waals surface area contributed by atoms with E-state index < -0.39 is 0 Å². The van der Waals surface area contributed by atoms with E-state index in [1.165, 1.54) is 0 Å². The number of benzene rings is 2. The summed E-state index contributed by atoms with van der Waals surface area (Å²) in [6.07, 6.45) is 0. The molecule has 0 aromatic heterocycles. The summed E-state index contributed by atoms with van der Waals surface area (Å²) in [5.74, 6) is 0.709. The minimum atomic E-state index is 0.709. The maximum absolute atomic E-state index is 4.52. The Morgan fingerprint density at radius 3 is 1.80 bits per heavy atom. The van der Waals surface area contributed by atoms with E-state index in [-0.39, 0.29) is 0 Å². The highest BCUT2D eigenvalue weighted by atomic mass is 14.9. The third-order valence-electron chi connectivity index (χ3n) is 2.92. The topological polar surface area (TPSA) is 24.7 Å². The van der Waals surface area contributed by atoms with Crippen molar-refractivity contribution in [2.24, 2.45) is 9.98 Å². The second kappa shape index (κ2) is 6.62. The molecule has 2 nitrogen and oxygen atoms in total. The van der Waals surface area contributed by atoms with Gasteiger partial charge in [0.05, 0.1) is 5.70 Å². The van der Waals surface area contributed by atoms with Crippen LogP contribution in [0.5, 0.6) is 0 Å². The Morgan fingerprint density at radius 1 is 0.750 bits per heavy atom. The molecule has 2 heteroatoms. The van der Waals surface area contributed by atoms with Crippen molar-refractivity contribution in [3.63, 3.8) is 0 Å². The van der Waals surface area contributed by atoms with E-state index in [0.29, 0.717) is 5.84 Å². The lowest BCUT2D eigenvalue weighted by molar-refractivity contribution is 1.44. The molecule has 2 aromatic carbocycles. The first-order chi connectivity index (χ1) is 9.66. The average molecular weight is 262 g/mol. The van der Waals surface area contributed by atoms with Crippen molar-refractivity contribution in [1.82, 2.24) is 0 Å². The molecule has 20 heavy (non-hydrogen) atoms. The number of aliphatic imine (C=N–C) groups is 2. The molecule has 0 aliphatic heterocycles. The highest BCUT2D eigenvalue weighted by molar-refractivity contribution is 6.06. The van der Waals surface area contributed by atoms with Crippen LogP contribution in [-0.2, 0) is 0 Å². The van der Waals surface area contributed by atoms with Crippen molar-refractivity contribution < 1.29 is 0 Å². The van der Waals surface area contributed by atoms with Gasteiger partial charge in [-0.25, -0.2) is 9.98 Å². The maximum atomic E-state index is 4.52.